The highest BCUT2D eigenvalue weighted by Crippen LogP contribution is 2.29. The summed E-state index contributed by atoms with van der Waals surface area (Å²) < 4.78 is 8.01. The third-order valence-corrected chi connectivity index (χ3v) is 4.80. The van der Waals surface area contributed by atoms with Gasteiger partial charge >= 0.3 is 6.03 Å². The van der Waals surface area contributed by atoms with Crippen LogP contribution in [0.5, 0.6) is 11.5 Å². The molecule has 0 fully saturated rings. The van der Waals surface area contributed by atoms with Crippen LogP contribution in [-0.2, 0) is 19.5 Å². The van der Waals surface area contributed by atoms with Crippen LogP contribution in [0.25, 0.3) is 11.3 Å². The Labute approximate surface area is 175 Å². The molecular weight excluding hydrogens is 382 g/mol. The van der Waals surface area contributed by atoms with Crippen LogP contribution in [0.4, 0.5) is 10.5 Å². The fraction of sp³-hybridized carbons (Fsp3) is 0.273. The number of aryl methyl sites for hydroxylation is 1. The summed E-state index contributed by atoms with van der Waals surface area (Å²) in [6.07, 6.45) is 3.42. The minimum absolute atomic E-state index is 0.234. The zero-order chi connectivity index (χ0) is 21.5. The second kappa shape index (κ2) is 9.80. The van der Waals surface area contributed by atoms with Crippen molar-refractivity contribution >= 4 is 11.7 Å². The Kier molecular flexibility index (Phi) is 6.92. The highest BCUT2D eigenvalue weighted by atomic mass is 16.5. The van der Waals surface area contributed by atoms with Gasteiger partial charge in [-0.25, -0.2) is 9.78 Å². The van der Waals surface area contributed by atoms with Gasteiger partial charge in [-0.1, -0.05) is 19.1 Å². The van der Waals surface area contributed by atoms with Crippen LogP contribution in [-0.4, -0.2) is 27.3 Å². The van der Waals surface area contributed by atoms with Gasteiger partial charge in [-0.2, -0.15) is 0 Å². The second-order valence-corrected chi connectivity index (χ2v) is 6.82. The van der Waals surface area contributed by atoms with Crippen molar-refractivity contribution in [1.82, 2.24) is 9.55 Å². The molecule has 158 valence electrons. The van der Waals surface area contributed by atoms with Crippen LogP contribution in [0.3, 0.4) is 0 Å². The molecule has 0 bridgehead atoms. The monoisotopic (exact) mass is 409 g/mol. The molecule has 1 aromatic heterocycles. The zero-order valence-corrected chi connectivity index (χ0v) is 17.0. The van der Waals surface area contributed by atoms with Gasteiger partial charge in [-0.05, 0) is 48.7 Å². The summed E-state index contributed by atoms with van der Waals surface area (Å²) in [5.74, 6) is 0.778. The molecule has 3 rings (SSSR count). The molecule has 0 saturated heterocycles. The third kappa shape index (κ3) is 4.90. The van der Waals surface area contributed by atoms with Crippen LogP contribution in [0.2, 0.25) is 0 Å². The SMILES string of the molecule is CCc1c(-c2ccc(O)cc2)ncn1CCCOc1cccc(CN)c1NC(N)=O. The van der Waals surface area contributed by atoms with Gasteiger partial charge in [0.1, 0.15) is 11.5 Å². The summed E-state index contributed by atoms with van der Waals surface area (Å²) >= 11 is 0. The Morgan fingerprint density at radius 1 is 1.23 bits per heavy atom. The number of phenols is 1. The van der Waals surface area contributed by atoms with Gasteiger partial charge in [0.15, 0.2) is 0 Å². The lowest BCUT2D eigenvalue weighted by Crippen LogP contribution is -2.21. The van der Waals surface area contributed by atoms with Gasteiger partial charge in [0.2, 0.25) is 0 Å². The summed E-state index contributed by atoms with van der Waals surface area (Å²) in [5.41, 5.74) is 15.3. The Morgan fingerprint density at radius 3 is 2.67 bits per heavy atom. The van der Waals surface area contributed by atoms with E-state index >= 15 is 0 Å². The van der Waals surface area contributed by atoms with Crippen LogP contribution in [0.15, 0.2) is 48.8 Å². The number of urea groups is 1. The number of carbonyl (C=O) groups excluding carboxylic acids is 1. The molecule has 0 aliphatic heterocycles. The van der Waals surface area contributed by atoms with Crippen molar-refractivity contribution in [2.75, 3.05) is 11.9 Å². The lowest BCUT2D eigenvalue weighted by Gasteiger charge is -2.15. The van der Waals surface area contributed by atoms with E-state index in [0.717, 1.165) is 41.9 Å². The number of imidazole rings is 1. The van der Waals surface area contributed by atoms with Gasteiger partial charge < -0.3 is 31.2 Å². The molecule has 0 aliphatic rings. The number of phenolic OH excluding ortho intramolecular Hbond substituents is 1. The highest BCUT2D eigenvalue weighted by molar-refractivity contribution is 5.90. The molecule has 0 saturated carbocycles. The molecule has 1 heterocycles. The van der Waals surface area contributed by atoms with Gasteiger partial charge in [0.05, 0.1) is 24.3 Å². The van der Waals surface area contributed by atoms with Crippen LogP contribution < -0.4 is 21.5 Å². The van der Waals surface area contributed by atoms with E-state index in [1.54, 1.807) is 18.2 Å². The molecule has 8 heteroatoms. The Balaban J connectivity index is 1.65. The first kappa shape index (κ1) is 21.2. The van der Waals surface area contributed by atoms with Crippen molar-refractivity contribution in [3.8, 4) is 22.8 Å². The predicted octanol–water partition coefficient (Wildman–Crippen LogP) is 3.24. The largest absolute Gasteiger partial charge is 0.508 e. The number of rotatable bonds is 9. The lowest BCUT2D eigenvalue weighted by molar-refractivity contribution is 0.259. The number of ether oxygens (including phenoxy) is 1. The van der Waals surface area contributed by atoms with Gasteiger partial charge in [0, 0.05) is 24.3 Å². The first-order chi connectivity index (χ1) is 14.5. The first-order valence-corrected chi connectivity index (χ1v) is 9.88. The van der Waals surface area contributed by atoms with Gasteiger partial charge in [0.25, 0.3) is 0 Å². The summed E-state index contributed by atoms with van der Waals surface area (Å²) in [7, 11) is 0. The molecule has 2 aromatic carbocycles. The maximum atomic E-state index is 11.3. The fourth-order valence-corrected chi connectivity index (χ4v) is 3.38. The first-order valence-electron chi connectivity index (χ1n) is 9.88. The minimum Gasteiger partial charge on any atom is -0.508 e. The van der Waals surface area contributed by atoms with Crippen molar-refractivity contribution in [3.63, 3.8) is 0 Å². The van der Waals surface area contributed by atoms with Gasteiger partial charge in [-0.3, -0.25) is 0 Å². The summed E-state index contributed by atoms with van der Waals surface area (Å²) in [4.78, 5) is 15.9. The normalized spacial score (nSPS) is 10.7. The van der Waals surface area contributed by atoms with Crippen molar-refractivity contribution in [1.29, 1.82) is 0 Å². The van der Waals surface area contributed by atoms with Crippen LogP contribution in [0, 0.1) is 0 Å². The average Bonchev–Trinajstić information content (AvgIpc) is 3.15. The van der Waals surface area contributed by atoms with Crippen molar-refractivity contribution in [2.24, 2.45) is 11.5 Å². The quantitative estimate of drug-likeness (QED) is 0.403. The molecule has 6 N–H and O–H groups in total. The Hall–Kier alpha value is -3.52. The number of hydrogen-bond acceptors (Lipinski definition) is 5. The molecule has 0 aliphatic carbocycles. The van der Waals surface area contributed by atoms with Crippen LogP contribution >= 0.6 is 0 Å². The summed E-state index contributed by atoms with van der Waals surface area (Å²) in [6, 6.07) is 11.8. The van der Waals surface area contributed by atoms with E-state index in [-0.39, 0.29) is 12.3 Å². The molecule has 3 aromatic rings. The number of carbonyl (C=O) groups is 1. The van der Waals surface area contributed by atoms with E-state index in [2.05, 4.69) is 21.8 Å². The number of aromatic hydroxyl groups is 1. The summed E-state index contributed by atoms with van der Waals surface area (Å²) in [6.45, 7) is 3.55. The van der Waals surface area contributed by atoms with E-state index in [0.29, 0.717) is 18.0 Å². The number of anilines is 1. The van der Waals surface area contributed by atoms with Crippen molar-refractivity contribution in [2.45, 2.75) is 32.9 Å². The number of primary amides is 1. The number of nitrogens with zero attached hydrogens (tertiary/aromatic N) is 2. The standard InChI is InChI=1S/C22H27N5O3/c1-2-18-20(15-7-9-17(28)10-8-15)25-14-27(18)11-4-12-30-19-6-3-5-16(13-23)21(19)26-22(24)29/h3,5-10,14,28H,2,4,11-13,23H2,1H3,(H3,24,26,29). The van der Waals surface area contributed by atoms with E-state index < -0.39 is 6.03 Å². The number of benzene rings is 2. The number of nitrogens with two attached hydrogens (primary N) is 2. The van der Waals surface area contributed by atoms with Gasteiger partial charge in [-0.15, -0.1) is 0 Å². The smallest absolute Gasteiger partial charge is 0.316 e. The lowest BCUT2D eigenvalue weighted by atomic mass is 10.1. The van der Waals surface area contributed by atoms with Crippen molar-refractivity contribution < 1.29 is 14.6 Å². The van der Waals surface area contributed by atoms with Crippen molar-refractivity contribution in [3.05, 3.63) is 60.0 Å². The summed E-state index contributed by atoms with van der Waals surface area (Å²) in [5, 5.41) is 12.1. The molecule has 0 unspecified atom stereocenters. The fourth-order valence-electron chi connectivity index (χ4n) is 3.38. The minimum atomic E-state index is -0.659. The topological polar surface area (TPSA) is 128 Å². The Bertz CT molecular complexity index is 999. The molecule has 0 radical (unpaired) electrons. The van der Waals surface area contributed by atoms with E-state index in [4.69, 9.17) is 16.2 Å². The zero-order valence-electron chi connectivity index (χ0n) is 17.0. The van der Waals surface area contributed by atoms with Crippen LogP contribution in [0.1, 0.15) is 24.6 Å². The number of hydrogen-bond donors (Lipinski definition) is 4. The maximum absolute atomic E-state index is 11.3. The molecule has 0 atom stereocenters. The highest BCUT2D eigenvalue weighted by Gasteiger charge is 2.13. The average molecular weight is 409 g/mol. The molecule has 0 spiro atoms. The Morgan fingerprint density at radius 2 is 2.00 bits per heavy atom. The molecule has 8 nitrogen and oxygen atoms in total. The number of aromatic nitrogens is 2. The molecular formula is C22H27N5O3. The van der Waals surface area contributed by atoms with E-state index in [1.807, 2.05) is 30.6 Å². The van der Waals surface area contributed by atoms with E-state index in [9.17, 15) is 9.90 Å². The van der Waals surface area contributed by atoms with E-state index in [1.165, 1.54) is 0 Å². The molecule has 2 amide bonds. The number of para-hydroxylation sites is 1. The number of amides is 2. The third-order valence-electron chi connectivity index (χ3n) is 4.80. The maximum Gasteiger partial charge on any atom is 0.316 e. The number of nitrogens with one attached hydrogen (secondary N) is 1. The molecule has 30 heavy (non-hydrogen) atoms. The second-order valence-electron chi connectivity index (χ2n) is 6.82. The predicted molar refractivity (Wildman–Crippen MR) is 116 cm³/mol.